The van der Waals surface area contributed by atoms with Crippen molar-refractivity contribution in [1.29, 1.82) is 0 Å². The first-order valence-corrected chi connectivity index (χ1v) is 20.5. The molecule has 232 valence electrons. The SMILES string of the molecule is CCCCC(CC)Cc1cc(-c2cc3c(cc(-c4cc(CC(CC)CCCC)c(Br)s4)c4nsnc43)c3nsnc23)sc1Br. The third-order valence-corrected chi connectivity index (χ3v) is 14.1. The Hall–Kier alpha value is -1.30. The fourth-order valence-corrected chi connectivity index (χ4v) is 10.9. The lowest BCUT2D eigenvalue weighted by Gasteiger charge is -2.13. The highest BCUT2D eigenvalue weighted by molar-refractivity contribution is 9.11. The summed E-state index contributed by atoms with van der Waals surface area (Å²) >= 11 is 14.0. The van der Waals surface area contributed by atoms with E-state index in [1.165, 1.54) is 103 Å². The Morgan fingerprint density at radius 1 is 0.591 bits per heavy atom. The van der Waals surface area contributed by atoms with Gasteiger partial charge in [-0.2, -0.15) is 17.5 Å². The van der Waals surface area contributed by atoms with E-state index in [1.807, 2.05) is 22.7 Å². The molecule has 0 aliphatic carbocycles. The van der Waals surface area contributed by atoms with E-state index in [0.29, 0.717) is 11.8 Å². The van der Waals surface area contributed by atoms with Crippen molar-refractivity contribution in [2.75, 3.05) is 0 Å². The van der Waals surface area contributed by atoms with Gasteiger partial charge in [0, 0.05) is 31.7 Å². The Labute approximate surface area is 293 Å². The number of nitrogens with zero attached hydrogens (tertiary/aromatic N) is 4. The summed E-state index contributed by atoms with van der Waals surface area (Å²) in [6.45, 7) is 9.21. The topological polar surface area (TPSA) is 51.6 Å². The van der Waals surface area contributed by atoms with Crippen LogP contribution in [0.25, 0.3) is 53.7 Å². The lowest BCUT2D eigenvalue weighted by atomic mass is 9.92. The van der Waals surface area contributed by atoms with E-state index in [1.54, 1.807) is 0 Å². The molecule has 0 radical (unpaired) electrons. The first-order chi connectivity index (χ1) is 21.4. The van der Waals surface area contributed by atoms with Gasteiger partial charge in [-0.05, 0) is 91.9 Å². The van der Waals surface area contributed by atoms with Crippen LogP contribution in [-0.2, 0) is 12.8 Å². The van der Waals surface area contributed by atoms with Crippen LogP contribution in [0.1, 0.15) is 90.2 Å². The van der Waals surface area contributed by atoms with Gasteiger partial charge in [0.05, 0.1) is 31.0 Å². The average Bonchev–Trinajstić information content (AvgIpc) is 3.84. The lowest BCUT2D eigenvalue weighted by Crippen LogP contribution is -2.02. The van der Waals surface area contributed by atoms with Crippen molar-refractivity contribution in [3.63, 3.8) is 0 Å². The van der Waals surface area contributed by atoms with Gasteiger partial charge in [0.15, 0.2) is 0 Å². The highest BCUT2D eigenvalue weighted by atomic mass is 79.9. The van der Waals surface area contributed by atoms with Crippen LogP contribution in [0.5, 0.6) is 0 Å². The summed E-state index contributed by atoms with van der Waals surface area (Å²) in [6.07, 6.45) is 12.3. The number of rotatable bonds is 14. The molecule has 6 rings (SSSR count). The van der Waals surface area contributed by atoms with Crippen molar-refractivity contribution >= 4 is 111 Å². The quantitative estimate of drug-likeness (QED) is 0.110. The molecular formula is C34H38Br2N4S4. The molecule has 4 aromatic heterocycles. The van der Waals surface area contributed by atoms with Gasteiger partial charge in [-0.25, -0.2) is 0 Å². The molecule has 2 aromatic carbocycles. The van der Waals surface area contributed by atoms with E-state index in [2.05, 4.69) is 83.8 Å². The van der Waals surface area contributed by atoms with Gasteiger partial charge in [0.1, 0.15) is 22.1 Å². The van der Waals surface area contributed by atoms with Crippen LogP contribution >= 0.6 is 78.0 Å². The minimum absolute atomic E-state index is 0.715. The monoisotopic (exact) mass is 788 g/mol. The fraction of sp³-hybridized carbons (Fsp3) is 0.471. The third-order valence-electron chi connectivity index (χ3n) is 9.01. The lowest BCUT2D eigenvalue weighted by molar-refractivity contribution is 0.449. The summed E-state index contributed by atoms with van der Waals surface area (Å²) in [5.41, 5.74) is 8.95. The van der Waals surface area contributed by atoms with Gasteiger partial charge in [-0.1, -0.05) is 79.1 Å². The summed E-state index contributed by atoms with van der Waals surface area (Å²) in [5, 5.41) is 2.21. The van der Waals surface area contributed by atoms with Gasteiger partial charge < -0.3 is 0 Å². The van der Waals surface area contributed by atoms with Crippen LogP contribution in [0, 0.1) is 11.8 Å². The maximum atomic E-state index is 4.86. The first kappa shape index (κ1) is 32.6. The van der Waals surface area contributed by atoms with Crippen molar-refractivity contribution in [2.24, 2.45) is 11.8 Å². The Kier molecular flexibility index (Phi) is 10.9. The molecule has 2 atom stereocenters. The molecule has 44 heavy (non-hydrogen) atoms. The number of halogens is 2. The molecule has 0 fully saturated rings. The summed E-state index contributed by atoms with van der Waals surface area (Å²) < 4.78 is 21.9. The summed E-state index contributed by atoms with van der Waals surface area (Å²) in [6, 6.07) is 9.34. The van der Waals surface area contributed by atoms with Crippen molar-refractivity contribution in [1.82, 2.24) is 17.5 Å². The molecule has 0 N–H and O–H groups in total. The number of benzene rings is 2. The van der Waals surface area contributed by atoms with E-state index in [4.69, 9.17) is 17.5 Å². The van der Waals surface area contributed by atoms with Crippen molar-refractivity contribution in [3.05, 3.63) is 43.0 Å². The Morgan fingerprint density at radius 3 is 1.39 bits per heavy atom. The number of thiophene rings is 2. The van der Waals surface area contributed by atoms with Crippen molar-refractivity contribution in [2.45, 2.75) is 91.9 Å². The van der Waals surface area contributed by atoms with E-state index in [-0.39, 0.29) is 0 Å². The first-order valence-electron chi connectivity index (χ1n) is 15.9. The molecular weight excluding hydrogens is 752 g/mol. The zero-order valence-corrected chi connectivity index (χ0v) is 32.2. The van der Waals surface area contributed by atoms with Gasteiger partial charge in [0.25, 0.3) is 0 Å². The predicted octanol–water partition coefficient (Wildman–Crippen LogP) is 13.3. The van der Waals surface area contributed by atoms with E-state index < -0.39 is 0 Å². The van der Waals surface area contributed by atoms with E-state index >= 15 is 0 Å². The summed E-state index contributed by atoms with van der Waals surface area (Å²) in [5.74, 6) is 1.43. The minimum Gasteiger partial charge on any atom is -0.172 e. The van der Waals surface area contributed by atoms with Crippen molar-refractivity contribution < 1.29 is 0 Å². The van der Waals surface area contributed by atoms with Crippen LogP contribution in [0.2, 0.25) is 0 Å². The number of unbranched alkanes of at least 4 members (excludes halogenated alkanes) is 2. The largest absolute Gasteiger partial charge is 0.172 e. The second-order valence-corrected chi connectivity index (χ2v) is 17.7. The highest BCUT2D eigenvalue weighted by Crippen LogP contribution is 2.46. The summed E-state index contributed by atoms with van der Waals surface area (Å²) in [4.78, 5) is 2.47. The maximum Gasteiger partial charge on any atom is 0.114 e. The standard InChI is InChI=1S/C34H38Br2N4S4/c1-5-9-11-19(7-3)13-21-15-27(41-33(21)35)25-17-23-24(29-31(25)39-43-37-29)18-26(32-30(23)38-44-40-32)28-16-22(34(36)42-28)14-20(8-4)12-10-6-2/h15-20H,5-14H2,1-4H3. The third kappa shape index (κ3) is 6.58. The molecule has 0 aliphatic heterocycles. The minimum atomic E-state index is 0.715. The predicted molar refractivity (Wildman–Crippen MR) is 202 cm³/mol. The Morgan fingerprint density at radius 2 is 1.00 bits per heavy atom. The molecule has 6 aromatic rings. The maximum absolute atomic E-state index is 4.86. The van der Waals surface area contributed by atoms with Gasteiger partial charge >= 0.3 is 0 Å². The van der Waals surface area contributed by atoms with E-state index in [0.717, 1.165) is 56.8 Å². The second-order valence-electron chi connectivity index (χ2n) is 11.9. The zero-order chi connectivity index (χ0) is 30.8. The molecule has 0 bridgehead atoms. The van der Waals surface area contributed by atoms with Crippen molar-refractivity contribution in [3.8, 4) is 20.9 Å². The molecule has 2 unspecified atom stereocenters. The Balaban J connectivity index is 1.42. The molecule has 4 heterocycles. The molecule has 0 saturated heterocycles. The molecule has 0 amide bonds. The second kappa shape index (κ2) is 14.6. The average molecular weight is 791 g/mol. The normalized spacial score (nSPS) is 13.5. The molecule has 0 saturated carbocycles. The van der Waals surface area contributed by atoms with Crippen LogP contribution in [0.15, 0.2) is 31.8 Å². The fourth-order valence-electron chi connectivity index (χ4n) is 6.30. The van der Waals surface area contributed by atoms with Gasteiger partial charge in [-0.15, -0.1) is 22.7 Å². The van der Waals surface area contributed by atoms with Crippen LogP contribution < -0.4 is 0 Å². The molecule has 10 heteroatoms. The van der Waals surface area contributed by atoms with Crippen LogP contribution in [-0.4, -0.2) is 17.5 Å². The van der Waals surface area contributed by atoms with Gasteiger partial charge in [-0.3, -0.25) is 0 Å². The van der Waals surface area contributed by atoms with Gasteiger partial charge in [0.2, 0.25) is 0 Å². The zero-order valence-electron chi connectivity index (χ0n) is 25.7. The Bertz CT molecular complexity index is 1750. The number of fused-ring (bicyclic) bond motifs is 5. The molecule has 4 nitrogen and oxygen atoms in total. The van der Waals surface area contributed by atoms with Crippen LogP contribution in [0.3, 0.4) is 0 Å². The molecule has 0 aliphatic rings. The smallest absolute Gasteiger partial charge is 0.114 e. The molecule has 0 spiro atoms. The summed E-state index contributed by atoms with van der Waals surface area (Å²) in [7, 11) is 0. The van der Waals surface area contributed by atoms with E-state index in [9.17, 15) is 0 Å². The number of aromatic nitrogens is 4. The number of hydrogen-bond donors (Lipinski definition) is 0. The highest BCUT2D eigenvalue weighted by Gasteiger charge is 2.23. The van der Waals surface area contributed by atoms with Crippen LogP contribution in [0.4, 0.5) is 0 Å². The number of hydrogen-bond acceptors (Lipinski definition) is 8.